The number of rotatable bonds is 5. The number of hydrogen-bond acceptors (Lipinski definition) is 2. The van der Waals surface area contributed by atoms with Gasteiger partial charge < -0.3 is 10.1 Å². The normalized spacial score (nSPS) is 17.5. The topological polar surface area (TPSA) is 38.3 Å². The Hall–Kier alpha value is -1.84. The van der Waals surface area contributed by atoms with E-state index >= 15 is 0 Å². The van der Waals surface area contributed by atoms with Gasteiger partial charge in [0.05, 0.1) is 12.3 Å². The van der Waals surface area contributed by atoms with Gasteiger partial charge in [0.25, 0.3) is 0 Å². The highest BCUT2D eigenvalue weighted by atomic mass is 19.1. The smallest absolute Gasteiger partial charge is 0.225 e. The molecule has 4 heteroatoms. The lowest BCUT2D eigenvalue weighted by Gasteiger charge is -2.13. The number of carbonyl (C=O) groups is 1. The second-order valence-corrected chi connectivity index (χ2v) is 4.59. The van der Waals surface area contributed by atoms with Crippen LogP contribution in [-0.4, -0.2) is 12.5 Å². The summed E-state index contributed by atoms with van der Waals surface area (Å²) in [6.45, 7) is 2.25. The van der Waals surface area contributed by atoms with Crippen molar-refractivity contribution in [2.45, 2.75) is 26.2 Å². The van der Waals surface area contributed by atoms with Gasteiger partial charge in [-0.1, -0.05) is 12.2 Å². The third-order valence-corrected chi connectivity index (χ3v) is 3.08. The van der Waals surface area contributed by atoms with Gasteiger partial charge in [-0.15, -0.1) is 0 Å². The first-order valence-electron chi connectivity index (χ1n) is 6.58. The van der Waals surface area contributed by atoms with Gasteiger partial charge in [-0.05, 0) is 37.8 Å². The second kappa shape index (κ2) is 6.36. The van der Waals surface area contributed by atoms with Gasteiger partial charge in [-0.2, -0.15) is 0 Å². The van der Waals surface area contributed by atoms with Gasteiger partial charge in [0.15, 0.2) is 0 Å². The lowest BCUT2D eigenvalue weighted by Crippen LogP contribution is -2.15. The maximum absolute atomic E-state index is 13.1. The fraction of sp³-hybridized carbons (Fsp3) is 0.400. The monoisotopic (exact) mass is 263 g/mol. The minimum absolute atomic E-state index is 0.0656. The van der Waals surface area contributed by atoms with E-state index in [9.17, 15) is 9.18 Å². The molecule has 0 spiro atoms. The number of carbonyl (C=O) groups excluding carboxylic acids is 1. The zero-order valence-electron chi connectivity index (χ0n) is 11.0. The number of nitrogens with one attached hydrogen (secondary N) is 1. The SMILES string of the molecule is CCOc1cc(F)ccc1NC(=O)CC1C=CCC1. The molecule has 3 nitrogen and oxygen atoms in total. The number of anilines is 1. The molecule has 1 unspecified atom stereocenters. The summed E-state index contributed by atoms with van der Waals surface area (Å²) < 4.78 is 18.5. The lowest BCUT2D eigenvalue weighted by atomic mass is 10.1. The minimum atomic E-state index is -0.375. The Balaban J connectivity index is 2.00. The van der Waals surface area contributed by atoms with E-state index in [1.165, 1.54) is 18.2 Å². The molecule has 1 aliphatic carbocycles. The summed E-state index contributed by atoms with van der Waals surface area (Å²) >= 11 is 0. The first kappa shape index (κ1) is 13.6. The molecule has 0 saturated carbocycles. The Kier molecular flexibility index (Phi) is 4.55. The molecule has 1 aromatic carbocycles. The molecule has 0 aliphatic heterocycles. The Morgan fingerprint density at radius 1 is 1.53 bits per heavy atom. The molecule has 1 atom stereocenters. The van der Waals surface area contributed by atoms with Crippen LogP contribution >= 0.6 is 0 Å². The van der Waals surface area contributed by atoms with Gasteiger partial charge in [0, 0.05) is 12.5 Å². The fourth-order valence-electron chi connectivity index (χ4n) is 2.18. The van der Waals surface area contributed by atoms with Crippen molar-refractivity contribution in [3.05, 3.63) is 36.2 Å². The van der Waals surface area contributed by atoms with Crippen LogP contribution in [0.15, 0.2) is 30.4 Å². The van der Waals surface area contributed by atoms with Crippen LogP contribution in [0.2, 0.25) is 0 Å². The molecular weight excluding hydrogens is 245 g/mol. The minimum Gasteiger partial charge on any atom is -0.492 e. The van der Waals surface area contributed by atoms with E-state index in [2.05, 4.69) is 17.5 Å². The number of hydrogen-bond donors (Lipinski definition) is 1. The van der Waals surface area contributed by atoms with Crippen LogP contribution in [0, 0.1) is 11.7 Å². The third kappa shape index (κ3) is 3.81. The van der Waals surface area contributed by atoms with Gasteiger partial charge in [0.2, 0.25) is 5.91 Å². The number of benzene rings is 1. The van der Waals surface area contributed by atoms with E-state index in [0.29, 0.717) is 30.4 Å². The Morgan fingerprint density at radius 2 is 2.37 bits per heavy atom. The van der Waals surface area contributed by atoms with Crippen molar-refractivity contribution in [2.75, 3.05) is 11.9 Å². The highest BCUT2D eigenvalue weighted by Crippen LogP contribution is 2.27. The summed E-state index contributed by atoms with van der Waals surface area (Å²) in [5, 5.41) is 2.78. The highest BCUT2D eigenvalue weighted by molar-refractivity contribution is 5.92. The zero-order chi connectivity index (χ0) is 13.7. The van der Waals surface area contributed by atoms with Crippen LogP contribution in [-0.2, 0) is 4.79 Å². The summed E-state index contributed by atoms with van der Waals surface area (Å²) in [5.41, 5.74) is 0.523. The van der Waals surface area contributed by atoms with Crippen molar-refractivity contribution in [1.82, 2.24) is 0 Å². The second-order valence-electron chi connectivity index (χ2n) is 4.59. The third-order valence-electron chi connectivity index (χ3n) is 3.08. The molecule has 1 aliphatic rings. The van der Waals surface area contributed by atoms with Crippen molar-refractivity contribution < 1.29 is 13.9 Å². The molecule has 0 bridgehead atoms. The van der Waals surface area contributed by atoms with E-state index in [-0.39, 0.29) is 11.7 Å². The Bertz CT molecular complexity index is 485. The first-order chi connectivity index (χ1) is 9.19. The van der Waals surface area contributed by atoms with Crippen molar-refractivity contribution >= 4 is 11.6 Å². The predicted octanol–water partition coefficient (Wildman–Crippen LogP) is 3.52. The molecule has 1 amide bonds. The quantitative estimate of drug-likeness (QED) is 0.825. The molecule has 1 aromatic rings. The molecule has 0 heterocycles. The molecule has 0 fully saturated rings. The van der Waals surface area contributed by atoms with E-state index < -0.39 is 0 Å². The maximum Gasteiger partial charge on any atom is 0.225 e. The molecular formula is C15H18FNO2. The van der Waals surface area contributed by atoms with Crippen molar-refractivity contribution in [3.63, 3.8) is 0 Å². The largest absolute Gasteiger partial charge is 0.492 e. The average molecular weight is 263 g/mol. The zero-order valence-corrected chi connectivity index (χ0v) is 11.0. The van der Waals surface area contributed by atoms with E-state index in [4.69, 9.17) is 4.74 Å². The fourth-order valence-corrected chi connectivity index (χ4v) is 2.18. The standard InChI is InChI=1S/C15H18FNO2/c1-2-19-14-10-12(16)7-8-13(14)17-15(18)9-11-5-3-4-6-11/h3,5,7-8,10-11H,2,4,6,9H2,1H3,(H,17,18). The number of halogens is 1. The summed E-state index contributed by atoms with van der Waals surface area (Å²) in [5.74, 6) is 0.248. The van der Waals surface area contributed by atoms with E-state index in [1.54, 1.807) is 0 Å². The van der Waals surface area contributed by atoms with Gasteiger partial charge in [-0.25, -0.2) is 4.39 Å². The van der Waals surface area contributed by atoms with Crippen LogP contribution in [0.4, 0.5) is 10.1 Å². The number of ether oxygens (including phenoxy) is 1. The summed E-state index contributed by atoms with van der Waals surface area (Å²) in [6.07, 6.45) is 6.70. The lowest BCUT2D eigenvalue weighted by molar-refractivity contribution is -0.116. The summed E-state index contributed by atoms with van der Waals surface area (Å²) in [4.78, 5) is 11.9. The highest BCUT2D eigenvalue weighted by Gasteiger charge is 2.15. The Morgan fingerprint density at radius 3 is 3.05 bits per heavy atom. The molecule has 102 valence electrons. The van der Waals surface area contributed by atoms with Gasteiger partial charge in [-0.3, -0.25) is 4.79 Å². The molecule has 0 saturated heterocycles. The van der Waals surface area contributed by atoms with Crippen LogP contribution in [0.3, 0.4) is 0 Å². The van der Waals surface area contributed by atoms with Crippen molar-refractivity contribution in [1.29, 1.82) is 0 Å². The maximum atomic E-state index is 13.1. The van der Waals surface area contributed by atoms with Crippen LogP contribution in [0.1, 0.15) is 26.2 Å². The number of allylic oxidation sites excluding steroid dienone is 2. The molecule has 2 rings (SSSR count). The Labute approximate surface area is 112 Å². The molecule has 0 radical (unpaired) electrons. The van der Waals surface area contributed by atoms with Crippen molar-refractivity contribution in [3.8, 4) is 5.75 Å². The molecule has 19 heavy (non-hydrogen) atoms. The van der Waals surface area contributed by atoms with Crippen LogP contribution in [0.25, 0.3) is 0 Å². The first-order valence-corrected chi connectivity index (χ1v) is 6.58. The predicted molar refractivity (Wildman–Crippen MR) is 72.7 cm³/mol. The summed E-state index contributed by atoms with van der Waals surface area (Å²) in [6, 6.07) is 4.13. The number of amides is 1. The molecule has 1 N–H and O–H groups in total. The van der Waals surface area contributed by atoms with Crippen LogP contribution < -0.4 is 10.1 Å². The summed E-state index contributed by atoms with van der Waals surface area (Å²) in [7, 11) is 0. The van der Waals surface area contributed by atoms with Gasteiger partial charge in [0.1, 0.15) is 11.6 Å². The van der Waals surface area contributed by atoms with Gasteiger partial charge >= 0.3 is 0 Å². The average Bonchev–Trinajstić information content (AvgIpc) is 2.86. The molecule has 0 aromatic heterocycles. The van der Waals surface area contributed by atoms with E-state index in [1.807, 2.05) is 6.92 Å². The van der Waals surface area contributed by atoms with E-state index in [0.717, 1.165) is 12.8 Å². The van der Waals surface area contributed by atoms with Crippen molar-refractivity contribution in [2.24, 2.45) is 5.92 Å². The van der Waals surface area contributed by atoms with Crippen LogP contribution in [0.5, 0.6) is 5.75 Å².